The maximum Gasteiger partial charge on any atom is 0.234 e. The van der Waals surface area contributed by atoms with E-state index in [2.05, 4.69) is 30.7 Å². The highest BCUT2D eigenvalue weighted by Crippen LogP contribution is 1.98. The van der Waals surface area contributed by atoms with Gasteiger partial charge in [-0.2, -0.15) is 11.8 Å². The summed E-state index contributed by atoms with van der Waals surface area (Å²) in [5, 5.41) is 6.10. The van der Waals surface area contributed by atoms with E-state index >= 15 is 0 Å². The second-order valence-electron chi connectivity index (χ2n) is 4.12. The second-order valence-corrected chi connectivity index (χ2v) is 5.11. The normalized spacial score (nSPS) is 12.9. The van der Waals surface area contributed by atoms with Gasteiger partial charge in [0.1, 0.15) is 0 Å². The number of amides is 1. The minimum Gasteiger partial charge on any atom is -0.352 e. The SMILES string of the molecule is CSCCCNCC(=O)NC(C)C(C)C. The number of hydrogen-bond acceptors (Lipinski definition) is 3. The van der Waals surface area contributed by atoms with Crippen molar-refractivity contribution in [3.8, 4) is 0 Å². The molecule has 2 N–H and O–H groups in total. The van der Waals surface area contributed by atoms with Crippen LogP contribution in [0.5, 0.6) is 0 Å². The number of hydrogen-bond donors (Lipinski definition) is 2. The summed E-state index contributed by atoms with van der Waals surface area (Å²) in [7, 11) is 0. The molecule has 0 aliphatic heterocycles. The lowest BCUT2D eigenvalue weighted by atomic mass is 10.1. The Morgan fingerprint density at radius 2 is 2.00 bits per heavy atom. The molecular formula is C11H24N2OS. The van der Waals surface area contributed by atoms with Crippen LogP contribution in [0.15, 0.2) is 0 Å². The zero-order valence-electron chi connectivity index (χ0n) is 10.3. The highest BCUT2D eigenvalue weighted by Gasteiger charge is 2.09. The molecule has 0 aromatic rings. The van der Waals surface area contributed by atoms with Gasteiger partial charge in [-0.25, -0.2) is 0 Å². The summed E-state index contributed by atoms with van der Waals surface area (Å²) in [6.45, 7) is 7.61. The molecule has 0 saturated carbocycles. The van der Waals surface area contributed by atoms with E-state index in [9.17, 15) is 4.79 Å². The minimum absolute atomic E-state index is 0.0975. The van der Waals surface area contributed by atoms with E-state index in [1.165, 1.54) is 0 Å². The topological polar surface area (TPSA) is 41.1 Å². The molecule has 0 rings (SSSR count). The molecule has 0 radical (unpaired) electrons. The Hall–Kier alpha value is -0.220. The Labute approximate surface area is 97.8 Å². The van der Waals surface area contributed by atoms with Crippen molar-refractivity contribution >= 4 is 17.7 Å². The highest BCUT2D eigenvalue weighted by atomic mass is 32.2. The molecule has 0 aromatic heterocycles. The first-order valence-electron chi connectivity index (χ1n) is 5.57. The summed E-state index contributed by atoms with van der Waals surface area (Å²) in [4.78, 5) is 11.4. The predicted molar refractivity (Wildman–Crippen MR) is 68.3 cm³/mol. The zero-order chi connectivity index (χ0) is 11.7. The number of carbonyl (C=O) groups is 1. The first kappa shape index (κ1) is 14.8. The number of thioether (sulfide) groups is 1. The van der Waals surface area contributed by atoms with Gasteiger partial charge in [0.05, 0.1) is 6.54 Å². The van der Waals surface area contributed by atoms with E-state index in [0.717, 1.165) is 18.7 Å². The summed E-state index contributed by atoms with van der Waals surface area (Å²) in [5.74, 6) is 1.74. The number of rotatable bonds is 8. The summed E-state index contributed by atoms with van der Waals surface area (Å²) < 4.78 is 0. The van der Waals surface area contributed by atoms with Crippen LogP contribution in [0.4, 0.5) is 0 Å². The molecule has 0 bridgehead atoms. The molecule has 1 unspecified atom stereocenters. The van der Waals surface area contributed by atoms with Crippen LogP contribution in [-0.2, 0) is 4.79 Å². The van der Waals surface area contributed by atoms with Crippen molar-refractivity contribution in [2.75, 3.05) is 25.1 Å². The van der Waals surface area contributed by atoms with Gasteiger partial charge in [0.15, 0.2) is 0 Å². The molecule has 0 aromatic carbocycles. The fourth-order valence-electron chi connectivity index (χ4n) is 1.02. The first-order valence-corrected chi connectivity index (χ1v) is 6.96. The van der Waals surface area contributed by atoms with Gasteiger partial charge in [-0.3, -0.25) is 4.79 Å². The third-order valence-electron chi connectivity index (χ3n) is 2.38. The zero-order valence-corrected chi connectivity index (χ0v) is 11.1. The lowest BCUT2D eigenvalue weighted by molar-refractivity contribution is -0.121. The highest BCUT2D eigenvalue weighted by molar-refractivity contribution is 7.98. The Morgan fingerprint density at radius 1 is 1.33 bits per heavy atom. The molecule has 15 heavy (non-hydrogen) atoms. The third-order valence-corrected chi connectivity index (χ3v) is 3.07. The monoisotopic (exact) mass is 232 g/mol. The van der Waals surface area contributed by atoms with Gasteiger partial charge in [-0.1, -0.05) is 13.8 Å². The second kappa shape index (κ2) is 9.04. The summed E-state index contributed by atoms with van der Waals surface area (Å²) in [5.41, 5.74) is 0. The minimum atomic E-state index is 0.0975. The van der Waals surface area contributed by atoms with Crippen molar-refractivity contribution in [1.29, 1.82) is 0 Å². The molecule has 1 amide bonds. The molecule has 0 fully saturated rings. The molecule has 90 valence electrons. The van der Waals surface area contributed by atoms with Crippen molar-refractivity contribution in [3.63, 3.8) is 0 Å². The van der Waals surface area contributed by atoms with Crippen molar-refractivity contribution in [1.82, 2.24) is 10.6 Å². The quantitative estimate of drug-likeness (QED) is 0.623. The van der Waals surface area contributed by atoms with Gasteiger partial charge < -0.3 is 10.6 Å². The molecule has 0 saturated heterocycles. The van der Waals surface area contributed by atoms with Crippen molar-refractivity contribution in [2.24, 2.45) is 5.92 Å². The maximum atomic E-state index is 11.4. The molecule has 1 atom stereocenters. The van der Waals surface area contributed by atoms with E-state index in [0.29, 0.717) is 12.5 Å². The van der Waals surface area contributed by atoms with Crippen LogP contribution in [0.1, 0.15) is 27.2 Å². The van der Waals surface area contributed by atoms with E-state index in [1.807, 2.05) is 18.7 Å². The molecule has 4 heteroatoms. The maximum absolute atomic E-state index is 11.4. The van der Waals surface area contributed by atoms with Gasteiger partial charge in [-0.15, -0.1) is 0 Å². The average molecular weight is 232 g/mol. The largest absolute Gasteiger partial charge is 0.352 e. The van der Waals surface area contributed by atoms with Gasteiger partial charge >= 0.3 is 0 Å². The lowest BCUT2D eigenvalue weighted by Crippen LogP contribution is -2.41. The van der Waals surface area contributed by atoms with Crippen molar-refractivity contribution in [3.05, 3.63) is 0 Å². The Bertz CT molecular complexity index is 174. The molecule has 3 nitrogen and oxygen atoms in total. The van der Waals surface area contributed by atoms with Crippen LogP contribution in [-0.4, -0.2) is 37.0 Å². The summed E-state index contributed by atoms with van der Waals surface area (Å²) in [6.07, 6.45) is 3.21. The molecular weight excluding hydrogens is 208 g/mol. The smallest absolute Gasteiger partial charge is 0.234 e. The van der Waals surface area contributed by atoms with E-state index in [-0.39, 0.29) is 11.9 Å². The van der Waals surface area contributed by atoms with Crippen LogP contribution in [0, 0.1) is 5.92 Å². The number of carbonyl (C=O) groups excluding carboxylic acids is 1. The Balaban J connectivity index is 3.41. The van der Waals surface area contributed by atoms with Crippen LogP contribution >= 0.6 is 11.8 Å². The van der Waals surface area contributed by atoms with Crippen LogP contribution in [0.3, 0.4) is 0 Å². The van der Waals surface area contributed by atoms with E-state index < -0.39 is 0 Å². The first-order chi connectivity index (χ1) is 7.07. The van der Waals surface area contributed by atoms with Gasteiger partial charge in [0.25, 0.3) is 0 Å². The standard InChI is InChI=1S/C11H24N2OS/c1-9(2)10(3)13-11(14)8-12-6-5-7-15-4/h9-10,12H,5-8H2,1-4H3,(H,13,14). The molecule has 0 aliphatic rings. The Morgan fingerprint density at radius 3 is 2.53 bits per heavy atom. The molecule has 0 aliphatic carbocycles. The molecule has 0 heterocycles. The fraction of sp³-hybridized carbons (Fsp3) is 0.909. The van der Waals surface area contributed by atoms with Gasteiger partial charge in [-0.05, 0) is 37.8 Å². The van der Waals surface area contributed by atoms with Gasteiger partial charge in [0.2, 0.25) is 5.91 Å². The van der Waals surface area contributed by atoms with Crippen molar-refractivity contribution in [2.45, 2.75) is 33.2 Å². The predicted octanol–water partition coefficient (Wildman–Crippen LogP) is 1.49. The van der Waals surface area contributed by atoms with Gasteiger partial charge in [0, 0.05) is 6.04 Å². The lowest BCUT2D eigenvalue weighted by Gasteiger charge is -2.17. The summed E-state index contributed by atoms with van der Waals surface area (Å²) in [6, 6.07) is 0.255. The number of nitrogens with one attached hydrogen (secondary N) is 2. The fourth-order valence-corrected chi connectivity index (χ4v) is 1.45. The van der Waals surface area contributed by atoms with E-state index in [1.54, 1.807) is 0 Å². The summed E-state index contributed by atoms with van der Waals surface area (Å²) >= 11 is 1.83. The third kappa shape index (κ3) is 8.75. The van der Waals surface area contributed by atoms with Crippen LogP contribution < -0.4 is 10.6 Å². The van der Waals surface area contributed by atoms with E-state index in [4.69, 9.17) is 0 Å². The molecule has 0 spiro atoms. The average Bonchev–Trinajstić information content (AvgIpc) is 2.17. The van der Waals surface area contributed by atoms with Crippen molar-refractivity contribution < 1.29 is 4.79 Å². The van der Waals surface area contributed by atoms with Crippen LogP contribution in [0.25, 0.3) is 0 Å². The Kier molecular flexibility index (Phi) is 8.91. The van der Waals surface area contributed by atoms with Crippen LogP contribution in [0.2, 0.25) is 0 Å².